The largest absolute Gasteiger partial charge is 0.259 e. The highest BCUT2D eigenvalue weighted by atomic mass is 14.7. The van der Waals surface area contributed by atoms with Gasteiger partial charge in [-0.3, -0.25) is 4.99 Å². The van der Waals surface area contributed by atoms with E-state index in [0.29, 0.717) is 5.92 Å². The highest BCUT2D eigenvalue weighted by Gasteiger charge is 1.89. The number of hydrogen-bond donors (Lipinski definition) is 0. The zero-order valence-corrected chi connectivity index (χ0v) is 7.89. The topological polar surface area (TPSA) is 12.4 Å². The molecule has 0 N–H and O–H groups in total. The molecule has 1 nitrogen and oxygen atoms in total. The van der Waals surface area contributed by atoms with Crippen LogP contribution in [0.15, 0.2) is 29.4 Å². The Balaban J connectivity index is 4.26. The smallest absolute Gasteiger partial charge is 0.0369 e. The summed E-state index contributed by atoms with van der Waals surface area (Å²) >= 11 is 0. The van der Waals surface area contributed by atoms with Gasteiger partial charge in [0.25, 0.3) is 0 Å². The Morgan fingerprint density at radius 2 is 1.91 bits per heavy atom. The van der Waals surface area contributed by atoms with Crippen molar-refractivity contribution in [1.82, 2.24) is 0 Å². The van der Waals surface area contributed by atoms with E-state index in [2.05, 4.69) is 31.5 Å². The number of aliphatic imine (C=N–C) groups is 1. The van der Waals surface area contributed by atoms with Gasteiger partial charge in [0.1, 0.15) is 0 Å². The summed E-state index contributed by atoms with van der Waals surface area (Å²) in [4.78, 5) is 4.30. The van der Waals surface area contributed by atoms with Crippen LogP contribution in [0, 0.1) is 5.92 Å². The highest BCUT2D eigenvalue weighted by molar-refractivity contribution is 5.92. The molecule has 0 spiro atoms. The normalized spacial score (nSPS) is 13.9. The molecule has 0 heterocycles. The van der Waals surface area contributed by atoms with Gasteiger partial charge in [-0.1, -0.05) is 26.5 Å². The summed E-state index contributed by atoms with van der Waals surface area (Å²) < 4.78 is 0. The second kappa shape index (κ2) is 4.89. The average Bonchev–Trinajstić information content (AvgIpc) is 1.85. The van der Waals surface area contributed by atoms with Crippen LogP contribution in [0.25, 0.3) is 0 Å². The first-order valence-corrected chi connectivity index (χ1v) is 3.92. The van der Waals surface area contributed by atoms with Gasteiger partial charge in [-0.25, -0.2) is 0 Å². The molecule has 0 radical (unpaired) electrons. The number of rotatable bonds is 3. The predicted molar refractivity (Wildman–Crippen MR) is 51.9 cm³/mol. The van der Waals surface area contributed by atoms with Crippen LogP contribution in [0.3, 0.4) is 0 Å². The minimum Gasteiger partial charge on any atom is -0.259 e. The fourth-order valence-electron chi connectivity index (χ4n) is 0.843. The minimum absolute atomic E-state index is 0.566. The molecule has 0 rings (SSSR count). The van der Waals surface area contributed by atoms with Crippen LogP contribution >= 0.6 is 0 Å². The lowest BCUT2D eigenvalue weighted by Gasteiger charge is -1.97. The Labute approximate surface area is 69.5 Å². The molecule has 0 aromatic rings. The van der Waals surface area contributed by atoms with Gasteiger partial charge in [0.2, 0.25) is 0 Å². The average molecular weight is 151 g/mol. The van der Waals surface area contributed by atoms with Crippen molar-refractivity contribution in [2.24, 2.45) is 10.9 Å². The van der Waals surface area contributed by atoms with Gasteiger partial charge in [0, 0.05) is 11.4 Å². The maximum Gasteiger partial charge on any atom is 0.0369 e. The molecular weight excluding hydrogens is 134 g/mol. The van der Waals surface area contributed by atoms with Crippen molar-refractivity contribution >= 4 is 5.71 Å². The van der Waals surface area contributed by atoms with Crippen molar-refractivity contribution in [3.05, 3.63) is 24.4 Å². The first-order chi connectivity index (χ1) is 5.06. The summed E-state index contributed by atoms with van der Waals surface area (Å²) in [5.74, 6) is 0.566. The third kappa shape index (κ3) is 5.59. The van der Waals surface area contributed by atoms with Crippen LogP contribution in [-0.4, -0.2) is 5.71 Å². The molecule has 0 saturated heterocycles. The Hall–Kier alpha value is -0.850. The zero-order valence-electron chi connectivity index (χ0n) is 7.89. The summed E-state index contributed by atoms with van der Waals surface area (Å²) in [6.45, 7) is 11.9. The second-order valence-corrected chi connectivity index (χ2v) is 3.01. The van der Waals surface area contributed by atoms with Crippen LogP contribution in [0.2, 0.25) is 0 Å². The predicted octanol–water partition coefficient (Wildman–Crippen LogP) is 3.19. The molecule has 0 saturated carbocycles. The van der Waals surface area contributed by atoms with Crippen LogP contribution in [0.5, 0.6) is 0 Å². The molecule has 0 bridgehead atoms. The van der Waals surface area contributed by atoms with E-state index in [1.807, 2.05) is 13.8 Å². The van der Waals surface area contributed by atoms with Gasteiger partial charge in [0.15, 0.2) is 0 Å². The lowest BCUT2D eigenvalue weighted by Crippen LogP contribution is -1.86. The van der Waals surface area contributed by atoms with Crippen molar-refractivity contribution in [3.8, 4) is 0 Å². The summed E-state index contributed by atoms with van der Waals surface area (Å²) in [6.07, 6.45) is 3.89. The van der Waals surface area contributed by atoms with E-state index in [9.17, 15) is 0 Å². The monoisotopic (exact) mass is 151 g/mol. The summed E-state index contributed by atoms with van der Waals surface area (Å²) in [5.41, 5.74) is 2.04. The van der Waals surface area contributed by atoms with E-state index in [0.717, 1.165) is 11.4 Å². The Morgan fingerprint density at radius 1 is 1.36 bits per heavy atom. The van der Waals surface area contributed by atoms with Gasteiger partial charge >= 0.3 is 0 Å². The molecule has 0 amide bonds. The lowest BCUT2D eigenvalue weighted by atomic mass is 10.2. The molecule has 0 unspecified atom stereocenters. The first-order valence-electron chi connectivity index (χ1n) is 3.92. The van der Waals surface area contributed by atoms with Crippen LogP contribution in [-0.2, 0) is 0 Å². The highest BCUT2D eigenvalue weighted by Crippen LogP contribution is 2.02. The third-order valence-electron chi connectivity index (χ3n) is 1.22. The molecular formula is C10H17N. The van der Waals surface area contributed by atoms with E-state index in [4.69, 9.17) is 0 Å². The van der Waals surface area contributed by atoms with E-state index in [-0.39, 0.29) is 0 Å². The second-order valence-electron chi connectivity index (χ2n) is 3.01. The standard InChI is InChI=1S/C10H17N/c1-6-9(4)11-10(5)7-8(2)3/h6-8H,1H2,2-5H3/b10-7-,11-9?. The van der Waals surface area contributed by atoms with Crippen molar-refractivity contribution in [1.29, 1.82) is 0 Å². The molecule has 0 aliphatic heterocycles. The van der Waals surface area contributed by atoms with E-state index in [1.165, 1.54) is 0 Å². The number of nitrogens with zero attached hydrogens (tertiary/aromatic N) is 1. The molecule has 0 aliphatic rings. The van der Waals surface area contributed by atoms with E-state index < -0.39 is 0 Å². The van der Waals surface area contributed by atoms with Gasteiger partial charge in [-0.05, 0) is 25.8 Å². The van der Waals surface area contributed by atoms with Crippen LogP contribution in [0.1, 0.15) is 27.7 Å². The SMILES string of the molecule is C=CC(C)=N/C(C)=C\C(C)C. The molecule has 1 heteroatoms. The Bertz CT molecular complexity index is 185. The Morgan fingerprint density at radius 3 is 2.27 bits per heavy atom. The quantitative estimate of drug-likeness (QED) is 0.549. The maximum absolute atomic E-state index is 4.30. The molecule has 0 aromatic carbocycles. The van der Waals surface area contributed by atoms with Crippen molar-refractivity contribution in [2.45, 2.75) is 27.7 Å². The summed E-state index contributed by atoms with van der Waals surface area (Å²) in [6, 6.07) is 0. The van der Waals surface area contributed by atoms with Crippen LogP contribution in [0.4, 0.5) is 0 Å². The number of hydrogen-bond acceptors (Lipinski definition) is 1. The molecule has 0 fully saturated rings. The molecule has 0 aliphatic carbocycles. The fourth-order valence-corrected chi connectivity index (χ4v) is 0.843. The maximum atomic E-state index is 4.30. The van der Waals surface area contributed by atoms with Crippen molar-refractivity contribution in [3.63, 3.8) is 0 Å². The zero-order chi connectivity index (χ0) is 8.85. The molecule has 0 atom stereocenters. The molecule has 11 heavy (non-hydrogen) atoms. The number of allylic oxidation sites excluding steroid dienone is 3. The van der Waals surface area contributed by atoms with E-state index >= 15 is 0 Å². The lowest BCUT2D eigenvalue weighted by molar-refractivity contribution is 0.819. The molecule has 62 valence electrons. The van der Waals surface area contributed by atoms with E-state index in [1.54, 1.807) is 6.08 Å². The van der Waals surface area contributed by atoms with Gasteiger partial charge in [-0.15, -0.1) is 0 Å². The first kappa shape index (κ1) is 10.2. The van der Waals surface area contributed by atoms with Crippen molar-refractivity contribution < 1.29 is 0 Å². The summed E-state index contributed by atoms with van der Waals surface area (Å²) in [5, 5.41) is 0. The van der Waals surface area contributed by atoms with Crippen LogP contribution < -0.4 is 0 Å². The fraction of sp³-hybridized carbons (Fsp3) is 0.500. The van der Waals surface area contributed by atoms with Gasteiger partial charge < -0.3 is 0 Å². The van der Waals surface area contributed by atoms with Gasteiger partial charge in [-0.2, -0.15) is 0 Å². The minimum atomic E-state index is 0.566. The molecule has 0 aromatic heterocycles. The van der Waals surface area contributed by atoms with Crippen molar-refractivity contribution in [2.75, 3.05) is 0 Å². The third-order valence-corrected chi connectivity index (χ3v) is 1.22. The summed E-state index contributed by atoms with van der Waals surface area (Å²) in [7, 11) is 0. The Kier molecular flexibility index (Phi) is 4.51. The van der Waals surface area contributed by atoms with Gasteiger partial charge in [0.05, 0.1) is 0 Å².